The van der Waals surface area contributed by atoms with E-state index in [9.17, 15) is 14.4 Å². The molecule has 0 bridgehead atoms. The van der Waals surface area contributed by atoms with E-state index in [2.05, 4.69) is 23.3 Å². The Kier molecular flexibility index (Phi) is 10.3. The monoisotopic (exact) mass is 491 g/mol. The molecular weight excluding hydrogens is 450 g/mol. The second-order valence-electron chi connectivity index (χ2n) is 10.4. The molecule has 0 heterocycles. The Labute approximate surface area is 209 Å². The predicted octanol–water partition coefficient (Wildman–Crippen LogP) is 4.55. The standard InChI is InChI=1S/C26H41N3O4S/c1-17(2)29(24(31)21(16-34)28-25(32)33-26(4,5)6)22(19-14-12-18(3)13-15-19)23(30)27-20-10-8-7-9-11-20/h12-15,17,20-22,34H,7-11,16H2,1-6H3,(H,27,30)(H,28,32). The molecule has 2 rings (SSSR count). The van der Waals surface area contributed by atoms with Crippen molar-refractivity contribution in [1.29, 1.82) is 0 Å². The number of carbonyl (C=O) groups is 3. The lowest BCUT2D eigenvalue weighted by Crippen LogP contribution is -2.56. The molecule has 0 aliphatic heterocycles. The summed E-state index contributed by atoms with van der Waals surface area (Å²) in [5.74, 6) is -0.500. The van der Waals surface area contributed by atoms with Gasteiger partial charge in [-0.2, -0.15) is 12.6 Å². The Balaban J connectivity index is 2.35. The fraction of sp³-hybridized carbons (Fsp3) is 0.654. The third-order valence-electron chi connectivity index (χ3n) is 5.85. The quantitative estimate of drug-likeness (QED) is 0.466. The highest BCUT2D eigenvalue weighted by Gasteiger charge is 2.38. The molecule has 1 aromatic carbocycles. The summed E-state index contributed by atoms with van der Waals surface area (Å²) in [6.07, 6.45) is 4.57. The normalized spacial score (nSPS) is 16.5. The zero-order chi connectivity index (χ0) is 25.5. The lowest BCUT2D eigenvalue weighted by Gasteiger charge is -2.38. The molecule has 0 saturated heterocycles. The second kappa shape index (κ2) is 12.5. The molecule has 1 aliphatic rings. The molecular formula is C26H41N3O4S. The zero-order valence-electron chi connectivity index (χ0n) is 21.4. The van der Waals surface area contributed by atoms with Crippen molar-refractivity contribution < 1.29 is 19.1 Å². The molecule has 8 heteroatoms. The van der Waals surface area contributed by atoms with Gasteiger partial charge in [0.1, 0.15) is 17.7 Å². The zero-order valence-corrected chi connectivity index (χ0v) is 22.3. The second-order valence-corrected chi connectivity index (χ2v) is 10.7. The van der Waals surface area contributed by atoms with Gasteiger partial charge in [0.25, 0.3) is 0 Å². The van der Waals surface area contributed by atoms with Gasteiger partial charge in [-0.25, -0.2) is 4.79 Å². The third kappa shape index (κ3) is 8.22. The van der Waals surface area contributed by atoms with Gasteiger partial charge in [0.2, 0.25) is 11.8 Å². The maximum Gasteiger partial charge on any atom is 0.408 e. The molecule has 3 amide bonds. The Morgan fingerprint density at radius 1 is 1.09 bits per heavy atom. The van der Waals surface area contributed by atoms with Gasteiger partial charge in [0, 0.05) is 17.8 Å². The predicted molar refractivity (Wildman–Crippen MR) is 138 cm³/mol. The molecule has 2 atom stereocenters. The molecule has 0 radical (unpaired) electrons. The number of thiol groups is 1. The van der Waals surface area contributed by atoms with Gasteiger partial charge in [-0.3, -0.25) is 9.59 Å². The minimum atomic E-state index is -0.934. The van der Waals surface area contributed by atoms with Crippen molar-refractivity contribution in [2.45, 2.75) is 103 Å². The van der Waals surface area contributed by atoms with Gasteiger partial charge < -0.3 is 20.3 Å². The lowest BCUT2D eigenvalue weighted by atomic mass is 9.94. The van der Waals surface area contributed by atoms with Crippen molar-refractivity contribution in [1.82, 2.24) is 15.5 Å². The fourth-order valence-corrected chi connectivity index (χ4v) is 4.46. The largest absolute Gasteiger partial charge is 0.444 e. The molecule has 1 aromatic rings. The van der Waals surface area contributed by atoms with Crippen LogP contribution in [0.3, 0.4) is 0 Å². The maximum absolute atomic E-state index is 13.7. The van der Waals surface area contributed by atoms with Crippen molar-refractivity contribution in [2.24, 2.45) is 0 Å². The van der Waals surface area contributed by atoms with E-state index in [1.54, 1.807) is 25.7 Å². The highest BCUT2D eigenvalue weighted by molar-refractivity contribution is 7.80. The van der Waals surface area contributed by atoms with E-state index in [1.807, 2.05) is 45.0 Å². The third-order valence-corrected chi connectivity index (χ3v) is 6.22. The Hall–Kier alpha value is -2.22. The van der Waals surface area contributed by atoms with E-state index in [0.717, 1.165) is 36.8 Å². The number of aryl methyl sites for hydroxylation is 1. The average molecular weight is 492 g/mol. The van der Waals surface area contributed by atoms with Gasteiger partial charge >= 0.3 is 6.09 Å². The van der Waals surface area contributed by atoms with Crippen LogP contribution in [0.15, 0.2) is 24.3 Å². The van der Waals surface area contributed by atoms with E-state index in [0.29, 0.717) is 0 Å². The van der Waals surface area contributed by atoms with Crippen LogP contribution in [0, 0.1) is 6.92 Å². The minimum absolute atomic E-state index is 0.0756. The van der Waals surface area contributed by atoms with Gasteiger partial charge in [0.05, 0.1) is 0 Å². The van der Waals surface area contributed by atoms with E-state index in [1.165, 1.54) is 6.42 Å². The SMILES string of the molecule is Cc1ccc(C(C(=O)NC2CCCCC2)N(C(=O)C(CS)NC(=O)OC(C)(C)C)C(C)C)cc1. The van der Waals surface area contributed by atoms with Crippen LogP contribution >= 0.6 is 12.6 Å². The molecule has 1 aliphatic carbocycles. The van der Waals surface area contributed by atoms with Crippen LogP contribution < -0.4 is 10.6 Å². The van der Waals surface area contributed by atoms with Crippen LogP contribution in [0.2, 0.25) is 0 Å². The molecule has 34 heavy (non-hydrogen) atoms. The summed E-state index contributed by atoms with van der Waals surface area (Å²) in [4.78, 5) is 41.3. The van der Waals surface area contributed by atoms with Crippen LogP contribution in [0.4, 0.5) is 4.79 Å². The summed E-state index contributed by atoms with van der Waals surface area (Å²) in [5, 5.41) is 5.82. The van der Waals surface area contributed by atoms with Crippen LogP contribution in [0.5, 0.6) is 0 Å². The van der Waals surface area contributed by atoms with E-state index >= 15 is 0 Å². The molecule has 2 N–H and O–H groups in total. The average Bonchev–Trinajstić information content (AvgIpc) is 2.75. The molecule has 2 unspecified atom stereocenters. The first-order valence-electron chi connectivity index (χ1n) is 12.2. The number of carbonyl (C=O) groups excluding carboxylic acids is 3. The molecule has 0 spiro atoms. The Morgan fingerprint density at radius 3 is 2.18 bits per heavy atom. The van der Waals surface area contributed by atoms with Crippen LogP contribution in [0.1, 0.15) is 83.9 Å². The fourth-order valence-electron chi connectivity index (χ4n) is 4.21. The summed E-state index contributed by atoms with van der Waals surface area (Å²) in [5.41, 5.74) is 1.10. The molecule has 1 fully saturated rings. The number of alkyl carbamates (subject to hydrolysis) is 1. The smallest absolute Gasteiger partial charge is 0.408 e. The first kappa shape index (κ1) is 28.0. The lowest BCUT2D eigenvalue weighted by molar-refractivity contribution is -0.144. The molecule has 0 aromatic heterocycles. The number of ether oxygens (including phenoxy) is 1. The van der Waals surface area contributed by atoms with Crippen molar-refractivity contribution in [2.75, 3.05) is 5.75 Å². The van der Waals surface area contributed by atoms with Crippen LogP contribution in [-0.2, 0) is 14.3 Å². The summed E-state index contributed by atoms with van der Waals surface area (Å²) in [6, 6.07) is 5.72. The van der Waals surface area contributed by atoms with Crippen LogP contribution in [0.25, 0.3) is 0 Å². The number of nitrogens with zero attached hydrogens (tertiary/aromatic N) is 1. The first-order valence-corrected chi connectivity index (χ1v) is 12.9. The highest BCUT2D eigenvalue weighted by Crippen LogP contribution is 2.27. The number of benzene rings is 1. The van der Waals surface area contributed by atoms with Gasteiger partial charge in [-0.15, -0.1) is 0 Å². The molecule has 7 nitrogen and oxygen atoms in total. The number of amides is 3. The topological polar surface area (TPSA) is 87.7 Å². The summed E-state index contributed by atoms with van der Waals surface area (Å²) in [7, 11) is 0. The molecule has 1 saturated carbocycles. The van der Waals surface area contributed by atoms with E-state index in [4.69, 9.17) is 4.74 Å². The number of rotatable bonds is 8. The van der Waals surface area contributed by atoms with Gasteiger partial charge in [-0.05, 0) is 59.9 Å². The summed E-state index contributed by atoms with van der Waals surface area (Å²) >= 11 is 4.31. The van der Waals surface area contributed by atoms with E-state index in [-0.39, 0.29) is 29.7 Å². The van der Waals surface area contributed by atoms with Crippen LogP contribution in [-0.4, -0.2) is 52.3 Å². The van der Waals surface area contributed by atoms with Crippen molar-refractivity contribution >= 4 is 30.5 Å². The van der Waals surface area contributed by atoms with Crippen molar-refractivity contribution in [3.05, 3.63) is 35.4 Å². The summed E-state index contributed by atoms with van der Waals surface area (Å²) in [6.45, 7) is 11.0. The molecule has 190 valence electrons. The number of hydrogen-bond acceptors (Lipinski definition) is 5. The number of hydrogen-bond donors (Lipinski definition) is 3. The van der Waals surface area contributed by atoms with Crippen molar-refractivity contribution in [3.8, 4) is 0 Å². The van der Waals surface area contributed by atoms with E-state index < -0.39 is 23.8 Å². The van der Waals surface area contributed by atoms with Gasteiger partial charge in [-0.1, -0.05) is 49.1 Å². The summed E-state index contributed by atoms with van der Waals surface area (Å²) < 4.78 is 5.33. The maximum atomic E-state index is 13.7. The number of nitrogens with one attached hydrogen (secondary N) is 2. The first-order chi connectivity index (χ1) is 15.9. The Morgan fingerprint density at radius 2 is 1.68 bits per heavy atom. The minimum Gasteiger partial charge on any atom is -0.444 e. The Bertz CT molecular complexity index is 829. The van der Waals surface area contributed by atoms with Gasteiger partial charge in [0.15, 0.2) is 0 Å². The highest BCUT2D eigenvalue weighted by atomic mass is 32.1. The van der Waals surface area contributed by atoms with Crippen molar-refractivity contribution in [3.63, 3.8) is 0 Å².